The van der Waals surface area contributed by atoms with E-state index < -0.39 is 23.5 Å². The summed E-state index contributed by atoms with van der Waals surface area (Å²) in [6.07, 6.45) is -1.94. The summed E-state index contributed by atoms with van der Waals surface area (Å²) in [4.78, 5) is 16.0. The summed E-state index contributed by atoms with van der Waals surface area (Å²) in [5, 5.41) is 0. The molecule has 19 heavy (non-hydrogen) atoms. The zero-order valence-corrected chi connectivity index (χ0v) is 12.3. The normalized spacial score (nSPS) is 14.1. The van der Waals surface area contributed by atoms with Crippen molar-refractivity contribution < 1.29 is 23.5 Å². The van der Waals surface area contributed by atoms with Gasteiger partial charge in [0.15, 0.2) is 0 Å². The molecule has 0 saturated carbocycles. The largest absolute Gasteiger partial charge is 0.442 e. The first-order chi connectivity index (χ1) is 8.58. The van der Waals surface area contributed by atoms with Crippen LogP contribution in [0, 0.1) is 0 Å². The molecule has 1 atom stereocenters. The number of halogens is 1. The summed E-state index contributed by atoms with van der Waals surface area (Å²) in [5.74, 6) is 0. The van der Waals surface area contributed by atoms with Crippen LogP contribution in [0.2, 0.25) is 0 Å². The summed E-state index contributed by atoms with van der Waals surface area (Å²) in [5.41, 5.74) is 5.77. The highest BCUT2D eigenvalue weighted by molar-refractivity contribution is 5.66. The van der Waals surface area contributed by atoms with E-state index in [2.05, 4.69) is 5.48 Å². The van der Waals surface area contributed by atoms with Gasteiger partial charge in [-0.3, -0.25) is 4.84 Å². The maximum Gasteiger partial charge on any atom is 0.431 e. The minimum atomic E-state index is -1.26. The Labute approximate surface area is 113 Å². The molecule has 3 N–H and O–H groups in total. The molecule has 0 aromatic heterocycles. The Hall–Kier alpha value is -0.920. The Bertz CT molecular complexity index is 279. The first-order valence-electron chi connectivity index (χ1n) is 6.17. The van der Waals surface area contributed by atoms with Crippen molar-refractivity contribution in [3.63, 3.8) is 0 Å². The Morgan fingerprint density at radius 2 is 1.84 bits per heavy atom. The van der Waals surface area contributed by atoms with Crippen molar-refractivity contribution in [2.45, 2.75) is 52.0 Å². The van der Waals surface area contributed by atoms with Crippen LogP contribution in [0.5, 0.6) is 0 Å². The Morgan fingerprint density at radius 1 is 1.26 bits per heavy atom. The van der Waals surface area contributed by atoms with Gasteiger partial charge in [0, 0.05) is 6.54 Å². The van der Waals surface area contributed by atoms with E-state index in [0.29, 0.717) is 0 Å². The molecule has 0 saturated heterocycles. The van der Waals surface area contributed by atoms with Crippen LogP contribution < -0.4 is 11.2 Å². The standard InChI is InChI=1S/C12H25FN2O4/c1-11(2,3)19-10(16)15-18-7-6-17-12(4,5)9(13)8-14/h9H,6-8,14H2,1-5H3,(H,15,16). The van der Waals surface area contributed by atoms with Gasteiger partial charge in [0.25, 0.3) is 0 Å². The molecule has 0 aliphatic carbocycles. The molecule has 0 fully saturated rings. The fourth-order valence-corrected chi connectivity index (χ4v) is 1.13. The van der Waals surface area contributed by atoms with Crippen LogP contribution in [-0.4, -0.2) is 43.2 Å². The summed E-state index contributed by atoms with van der Waals surface area (Å²) in [7, 11) is 0. The number of carbonyl (C=O) groups is 1. The average Bonchev–Trinajstić information content (AvgIpc) is 2.24. The topological polar surface area (TPSA) is 82.8 Å². The lowest BCUT2D eigenvalue weighted by atomic mass is 10.0. The second-order valence-corrected chi connectivity index (χ2v) is 5.61. The number of carbonyl (C=O) groups excluding carboxylic acids is 1. The van der Waals surface area contributed by atoms with Gasteiger partial charge >= 0.3 is 6.09 Å². The molecular formula is C12H25FN2O4. The van der Waals surface area contributed by atoms with Gasteiger partial charge in [-0.05, 0) is 34.6 Å². The molecule has 0 rings (SSSR count). The van der Waals surface area contributed by atoms with Gasteiger partial charge in [-0.2, -0.15) is 5.48 Å². The smallest absolute Gasteiger partial charge is 0.431 e. The molecular weight excluding hydrogens is 255 g/mol. The van der Waals surface area contributed by atoms with Gasteiger partial charge in [-0.15, -0.1) is 0 Å². The van der Waals surface area contributed by atoms with Crippen LogP contribution in [0.1, 0.15) is 34.6 Å². The zero-order valence-electron chi connectivity index (χ0n) is 12.3. The molecule has 0 radical (unpaired) electrons. The van der Waals surface area contributed by atoms with Crippen molar-refractivity contribution in [2.75, 3.05) is 19.8 Å². The number of amides is 1. The molecule has 0 bridgehead atoms. The molecule has 1 amide bonds. The maximum atomic E-state index is 13.4. The Morgan fingerprint density at radius 3 is 2.32 bits per heavy atom. The molecule has 6 nitrogen and oxygen atoms in total. The summed E-state index contributed by atoms with van der Waals surface area (Å²) < 4.78 is 23.6. The molecule has 1 unspecified atom stereocenters. The molecule has 0 aromatic rings. The van der Waals surface area contributed by atoms with Gasteiger partial charge in [0.05, 0.1) is 18.8 Å². The SMILES string of the molecule is CC(C)(C)OC(=O)NOCCOC(C)(C)C(F)CN. The molecule has 7 heteroatoms. The van der Waals surface area contributed by atoms with Crippen molar-refractivity contribution in [3.05, 3.63) is 0 Å². The van der Waals surface area contributed by atoms with Gasteiger partial charge < -0.3 is 15.2 Å². The van der Waals surface area contributed by atoms with E-state index in [1.54, 1.807) is 34.6 Å². The van der Waals surface area contributed by atoms with Crippen LogP contribution in [0.25, 0.3) is 0 Å². The highest BCUT2D eigenvalue weighted by Gasteiger charge is 2.29. The summed E-state index contributed by atoms with van der Waals surface area (Å²) >= 11 is 0. The van der Waals surface area contributed by atoms with E-state index in [1.807, 2.05) is 0 Å². The Kier molecular flexibility index (Phi) is 7.25. The molecule has 0 spiro atoms. The lowest BCUT2D eigenvalue weighted by Gasteiger charge is -2.28. The van der Waals surface area contributed by atoms with E-state index >= 15 is 0 Å². The number of ether oxygens (including phenoxy) is 2. The number of hydroxylamine groups is 1. The van der Waals surface area contributed by atoms with Crippen LogP contribution in [0.4, 0.5) is 9.18 Å². The number of rotatable bonds is 7. The van der Waals surface area contributed by atoms with Crippen molar-refractivity contribution >= 4 is 6.09 Å². The molecule has 0 aliphatic rings. The quantitative estimate of drug-likeness (QED) is 0.546. The molecule has 0 aromatic carbocycles. The van der Waals surface area contributed by atoms with Gasteiger partial charge in [-0.25, -0.2) is 9.18 Å². The van der Waals surface area contributed by atoms with E-state index in [9.17, 15) is 9.18 Å². The third-order valence-electron chi connectivity index (χ3n) is 2.18. The van der Waals surface area contributed by atoms with Gasteiger partial charge in [0.1, 0.15) is 11.8 Å². The number of hydrogen-bond acceptors (Lipinski definition) is 5. The molecule has 114 valence electrons. The second-order valence-electron chi connectivity index (χ2n) is 5.61. The van der Waals surface area contributed by atoms with Crippen LogP contribution >= 0.6 is 0 Å². The lowest BCUT2D eigenvalue weighted by molar-refractivity contribution is -0.0960. The van der Waals surface area contributed by atoms with Crippen LogP contribution in [0.15, 0.2) is 0 Å². The third-order valence-corrected chi connectivity index (χ3v) is 2.18. The predicted octanol–water partition coefficient (Wildman–Crippen LogP) is 1.53. The fourth-order valence-electron chi connectivity index (χ4n) is 1.13. The number of alkyl halides is 1. The second kappa shape index (κ2) is 7.62. The van der Waals surface area contributed by atoms with Crippen molar-refractivity contribution in [1.82, 2.24) is 5.48 Å². The van der Waals surface area contributed by atoms with Gasteiger partial charge in [-0.1, -0.05) is 0 Å². The predicted molar refractivity (Wildman–Crippen MR) is 69.3 cm³/mol. The number of hydrogen-bond donors (Lipinski definition) is 2. The average molecular weight is 280 g/mol. The van der Waals surface area contributed by atoms with Crippen molar-refractivity contribution in [2.24, 2.45) is 5.73 Å². The molecule has 0 heterocycles. The van der Waals surface area contributed by atoms with Crippen LogP contribution in [-0.2, 0) is 14.3 Å². The number of nitrogens with two attached hydrogens (primary N) is 1. The highest BCUT2D eigenvalue weighted by Crippen LogP contribution is 2.16. The summed E-state index contributed by atoms with van der Waals surface area (Å²) in [6.45, 7) is 8.54. The minimum Gasteiger partial charge on any atom is -0.442 e. The van der Waals surface area contributed by atoms with Crippen LogP contribution in [0.3, 0.4) is 0 Å². The van der Waals surface area contributed by atoms with Crippen molar-refractivity contribution in [3.8, 4) is 0 Å². The molecule has 0 aliphatic heterocycles. The van der Waals surface area contributed by atoms with E-state index in [4.69, 9.17) is 20.0 Å². The first kappa shape index (κ1) is 18.1. The maximum absolute atomic E-state index is 13.4. The van der Waals surface area contributed by atoms with E-state index in [1.165, 1.54) is 0 Å². The van der Waals surface area contributed by atoms with E-state index in [-0.39, 0.29) is 19.8 Å². The monoisotopic (exact) mass is 280 g/mol. The van der Waals surface area contributed by atoms with E-state index in [0.717, 1.165) is 0 Å². The first-order valence-corrected chi connectivity index (χ1v) is 6.17. The highest BCUT2D eigenvalue weighted by atomic mass is 19.1. The fraction of sp³-hybridized carbons (Fsp3) is 0.917. The Balaban J connectivity index is 3.74. The summed E-state index contributed by atoms with van der Waals surface area (Å²) in [6, 6.07) is 0. The third kappa shape index (κ3) is 8.74. The zero-order chi connectivity index (χ0) is 15.1. The van der Waals surface area contributed by atoms with Crippen molar-refractivity contribution in [1.29, 1.82) is 0 Å². The minimum absolute atomic E-state index is 0.0833. The number of nitrogens with one attached hydrogen (secondary N) is 1. The lowest BCUT2D eigenvalue weighted by Crippen LogP contribution is -2.42. The van der Waals surface area contributed by atoms with Gasteiger partial charge in [0.2, 0.25) is 0 Å².